The number of carbonyl (C=O) groups excluding carboxylic acids is 1. The quantitative estimate of drug-likeness (QED) is 0.172. The molecule has 0 N–H and O–H groups in total. The zero-order valence-corrected chi connectivity index (χ0v) is 22.1. The van der Waals surface area contributed by atoms with E-state index in [4.69, 9.17) is 9.47 Å². The zero-order valence-electron chi connectivity index (χ0n) is 22.1. The van der Waals surface area contributed by atoms with E-state index in [2.05, 4.69) is 64.4 Å². The van der Waals surface area contributed by atoms with Crippen LogP contribution in [0.2, 0.25) is 0 Å². The molecule has 196 valence electrons. The summed E-state index contributed by atoms with van der Waals surface area (Å²) >= 11 is 0. The molecule has 5 nitrogen and oxygen atoms in total. The van der Waals surface area contributed by atoms with Crippen molar-refractivity contribution >= 4 is 5.97 Å². The lowest BCUT2D eigenvalue weighted by Gasteiger charge is -2.08. The maximum absolute atomic E-state index is 12.0. The van der Waals surface area contributed by atoms with Gasteiger partial charge in [0.05, 0.1) is 12.3 Å². The number of nitrogens with zero attached hydrogens (tertiary/aromatic N) is 2. The van der Waals surface area contributed by atoms with E-state index in [1.807, 2.05) is 67.7 Å². The Kier molecular flexibility index (Phi) is 8.49. The van der Waals surface area contributed by atoms with Crippen LogP contribution in [0.15, 0.2) is 116 Å². The van der Waals surface area contributed by atoms with Crippen LogP contribution in [0.25, 0.3) is 22.3 Å². The van der Waals surface area contributed by atoms with Crippen LogP contribution in [0.3, 0.4) is 0 Å². The van der Waals surface area contributed by atoms with Gasteiger partial charge in [0.2, 0.25) is 0 Å². The highest BCUT2D eigenvalue weighted by Crippen LogP contribution is 2.27. The molecule has 0 amide bonds. The minimum Gasteiger partial charge on any atom is -0.487 e. The van der Waals surface area contributed by atoms with E-state index >= 15 is 0 Å². The monoisotopic (exact) mass is 516 g/mol. The maximum atomic E-state index is 12.0. The minimum absolute atomic E-state index is 0.165. The molecule has 0 fully saturated rings. The third-order valence-corrected chi connectivity index (χ3v) is 6.56. The standard InChI is InChI=1S/C34H32N2O3/c1-2-38-34(37)20-16-30-23-36(24-33(30)28-11-7-4-8-12-28)22-26-13-18-32(19-14-26)39-25-31-17-15-29(21-35-31)27-9-5-3-6-10-27/h3-15,17-19,21,23-24H,2,16,20,22,25H2,1H3. The molecule has 2 heterocycles. The fourth-order valence-corrected chi connectivity index (χ4v) is 4.56. The van der Waals surface area contributed by atoms with Crippen LogP contribution in [0.4, 0.5) is 0 Å². The fraction of sp³-hybridized carbons (Fsp3) is 0.176. The Hall–Kier alpha value is -4.64. The molecule has 5 heteroatoms. The summed E-state index contributed by atoms with van der Waals surface area (Å²) in [5.74, 6) is 0.641. The molecule has 0 aliphatic heterocycles. The van der Waals surface area contributed by atoms with Crippen LogP contribution in [0.5, 0.6) is 5.75 Å². The van der Waals surface area contributed by atoms with Gasteiger partial charge in [-0.3, -0.25) is 9.78 Å². The predicted octanol–water partition coefficient (Wildman–Crippen LogP) is 7.34. The van der Waals surface area contributed by atoms with Crippen molar-refractivity contribution in [3.05, 3.63) is 132 Å². The van der Waals surface area contributed by atoms with Crippen LogP contribution in [0, 0.1) is 0 Å². The Labute approximate surface area is 229 Å². The van der Waals surface area contributed by atoms with E-state index in [0.717, 1.165) is 45.8 Å². The SMILES string of the molecule is CCOC(=O)CCc1cn(Cc2ccc(OCc3ccc(-c4ccccc4)cn3)cc2)cc1-c1ccccc1. The molecule has 0 spiro atoms. The first-order valence-corrected chi connectivity index (χ1v) is 13.3. The molecule has 5 rings (SSSR count). The topological polar surface area (TPSA) is 53.4 Å². The van der Waals surface area contributed by atoms with E-state index in [0.29, 0.717) is 26.1 Å². The van der Waals surface area contributed by atoms with Gasteiger partial charge in [0.1, 0.15) is 12.4 Å². The molecule has 0 aliphatic carbocycles. The number of benzene rings is 3. The molecular formula is C34H32N2O3. The molecule has 5 aromatic rings. The van der Waals surface area contributed by atoms with Gasteiger partial charge in [0, 0.05) is 42.7 Å². The number of hydrogen-bond acceptors (Lipinski definition) is 4. The number of pyridine rings is 1. The van der Waals surface area contributed by atoms with Gasteiger partial charge in [0.15, 0.2) is 0 Å². The van der Waals surface area contributed by atoms with Crippen LogP contribution in [0.1, 0.15) is 30.2 Å². The number of hydrogen-bond donors (Lipinski definition) is 0. The lowest BCUT2D eigenvalue weighted by Crippen LogP contribution is -2.05. The van der Waals surface area contributed by atoms with Gasteiger partial charge in [-0.25, -0.2) is 0 Å². The third-order valence-electron chi connectivity index (χ3n) is 6.56. The van der Waals surface area contributed by atoms with Gasteiger partial charge >= 0.3 is 5.97 Å². The molecule has 0 aliphatic rings. The summed E-state index contributed by atoms with van der Waals surface area (Å²) in [6, 6.07) is 32.8. The van der Waals surface area contributed by atoms with Gasteiger partial charge < -0.3 is 14.0 Å². The Morgan fingerprint density at radius 2 is 1.51 bits per heavy atom. The number of aromatic nitrogens is 2. The van der Waals surface area contributed by atoms with E-state index < -0.39 is 0 Å². The van der Waals surface area contributed by atoms with E-state index in [9.17, 15) is 4.79 Å². The Balaban J connectivity index is 1.21. The van der Waals surface area contributed by atoms with E-state index in [1.54, 1.807) is 0 Å². The van der Waals surface area contributed by atoms with Crippen molar-refractivity contribution < 1.29 is 14.3 Å². The van der Waals surface area contributed by atoms with Crippen molar-refractivity contribution in [2.24, 2.45) is 0 Å². The molecule has 0 saturated carbocycles. The highest BCUT2D eigenvalue weighted by Gasteiger charge is 2.12. The normalized spacial score (nSPS) is 10.8. The Morgan fingerprint density at radius 3 is 2.18 bits per heavy atom. The number of carbonyl (C=O) groups is 1. The van der Waals surface area contributed by atoms with Gasteiger partial charge in [0.25, 0.3) is 0 Å². The van der Waals surface area contributed by atoms with Crippen molar-refractivity contribution in [2.45, 2.75) is 32.9 Å². The average Bonchev–Trinajstić information content (AvgIpc) is 3.39. The summed E-state index contributed by atoms with van der Waals surface area (Å²) < 4.78 is 13.3. The third kappa shape index (κ3) is 7.02. The van der Waals surface area contributed by atoms with Gasteiger partial charge in [-0.1, -0.05) is 78.9 Å². The summed E-state index contributed by atoms with van der Waals surface area (Å²) in [6.45, 7) is 3.38. The predicted molar refractivity (Wildman–Crippen MR) is 154 cm³/mol. The molecule has 0 saturated heterocycles. The highest BCUT2D eigenvalue weighted by atomic mass is 16.5. The second-order valence-corrected chi connectivity index (χ2v) is 9.38. The molecule has 39 heavy (non-hydrogen) atoms. The van der Waals surface area contributed by atoms with Crippen LogP contribution < -0.4 is 4.74 Å². The van der Waals surface area contributed by atoms with Crippen LogP contribution in [-0.4, -0.2) is 22.1 Å². The molecule has 2 aromatic heterocycles. The zero-order chi connectivity index (χ0) is 26.9. The Morgan fingerprint density at radius 1 is 0.795 bits per heavy atom. The maximum Gasteiger partial charge on any atom is 0.306 e. The summed E-state index contributed by atoms with van der Waals surface area (Å²) in [6.07, 6.45) is 7.19. The first-order valence-electron chi connectivity index (χ1n) is 13.3. The fourth-order valence-electron chi connectivity index (χ4n) is 4.56. The lowest BCUT2D eigenvalue weighted by molar-refractivity contribution is -0.143. The lowest BCUT2D eigenvalue weighted by atomic mass is 10.0. The molecule has 0 atom stereocenters. The number of rotatable bonds is 11. The summed E-state index contributed by atoms with van der Waals surface area (Å²) in [5.41, 5.74) is 7.72. The second kappa shape index (κ2) is 12.7. The van der Waals surface area contributed by atoms with Crippen molar-refractivity contribution in [3.63, 3.8) is 0 Å². The number of esters is 1. The summed E-state index contributed by atoms with van der Waals surface area (Å²) in [5, 5.41) is 0. The highest BCUT2D eigenvalue weighted by molar-refractivity contribution is 5.72. The van der Waals surface area contributed by atoms with E-state index in [-0.39, 0.29) is 5.97 Å². The minimum atomic E-state index is -0.165. The van der Waals surface area contributed by atoms with Crippen molar-refractivity contribution in [1.29, 1.82) is 0 Å². The molecular weight excluding hydrogens is 484 g/mol. The van der Waals surface area contributed by atoms with Crippen molar-refractivity contribution in [2.75, 3.05) is 6.61 Å². The first kappa shape index (κ1) is 26.0. The second-order valence-electron chi connectivity index (χ2n) is 9.38. The molecule has 0 unspecified atom stereocenters. The largest absolute Gasteiger partial charge is 0.487 e. The van der Waals surface area contributed by atoms with Gasteiger partial charge in [-0.05, 0) is 53.8 Å². The average molecular weight is 517 g/mol. The van der Waals surface area contributed by atoms with Crippen LogP contribution in [-0.2, 0) is 29.1 Å². The van der Waals surface area contributed by atoms with E-state index in [1.165, 1.54) is 5.56 Å². The smallest absolute Gasteiger partial charge is 0.306 e. The first-order chi connectivity index (χ1) is 19.2. The molecule has 3 aromatic carbocycles. The van der Waals surface area contributed by atoms with Crippen LogP contribution >= 0.6 is 0 Å². The van der Waals surface area contributed by atoms with Gasteiger partial charge in [-0.15, -0.1) is 0 Å². The number of aryl methyl sites for hydroxylation is 1. The van der Waals surface area contributed by atoms with Crippen molar-refractivity contribution in [3.8, 4) is 28.0 Å². The van der Waals surface area contributed by atoms with Gasteiger partial charge in [-0.2, -0.15) is 0 Å². The summed E-state index contributed by atoms with van der Waals surface area (Å²) in [7, 11) is 0. The van der Waals surface area contributed by atoms with Crippen molar-refractivity contribution in [1.82, 2.24) is 9.55 Å². The Bertz CT molecular complexity index is 1480. The molecule has 0 bridgehead atoms. The molecule has 0 radical (unpaired) electrons. The summed E-state index contributed by atoms with van der Waals surface area (Å²) in [4.78, 5) is 16.5. The number of ether oxygens (including phenoxy) is 2.